The maximum absolute atomic E-state index is 11.9. The number of para-hydroxylation sites is 1. The van der Waals surface area contributed by atoms with E-state index >= 15 is 0 Å². The fraction of sp³-hybridized carbons (Fsp3) is 0.400. The number of amides is 2. The van der Waals surface area contributed by atoms with Crippen LogP contribution >= 0.6 is 0 Å². The molecule has 3 rings (SSSR count). The number of nitrogens with zero attached hydrogens (tertiary/aromatic N) is 1. The number of H-pyrrole nitrogens is 1. The van der Waals surface area contributed by atoms with Gasteiger partial charge in [0.2, 0.25) is 0 Å². The summed E-state index contributed by atoms with van der Waals surface area (Å²) in [5.74, 6) is 0. The van der Waals surface area contributed by atoms with Gasteiger partial charge in [-0.3, -0.25) is 0 Å². The molecule has 0 spiro atoms. The van der Waals surface area contributed by atoms with Gasteiger partial charge in [0, 0.05) is 37.3 Å². The lowest BCUT2D eigenvalue weighted by Gasteiger charge is -2.26. The zero-order valence-corrected chi connectivity index (χ0v) is 11.4. The van der Waals surface area contributed by atoms with E-state index in [4.69, 9.17) is 4.74 Å². The summed E-state index contributed by atoms with van der Waals surface area (Å²) in [6.45, 7) is 3.27. The van der Waals surface area contributed by atoms with Gasteiger partial charge in [0.05, 0.1) is 13.2 Å². The lowest BCUT2D eigenvalue weighted by atomic mass is 10.2. The molecule has 1 aromatic carbocycles. The monoisotopic (exact) mass is 273 g/mol. The summed E-state index contributed by atoms with van der Waals surface area (Å²) in [5.41, 5.74) is 2.29. The van der Waals surface area contributed by atoms with Crippen LogP contribution in [0.2, 0.25) is 0 Å². The van der Waals surface area contributed by atoms with E-state index in [-0.39, 0.29) is 6.03 Å². The Balaban J connectivity index is 1.50. The molecule has 0 unspecified atom stereocenters. The maximum Gasteiger partial charge on any atom is 0.317 e. The van der Waals surface area contributed by atoms with Gasteiger partial charge in [0.1, 0.15) is 0 Å². The second kappa shape index (κ2) is 5.96. The Morgan fingerprint density at radius 3 is 2.90 bits per heavy atom. The van der Waals surface area contributed by atoms with E-state index in [0.717, 1.165) is 17.6 Å². The third-order valence-corrected chi connectivity index (χ3v) is 3.55. The summed E-state index contributed by atoms with van der Waals surface area (Å²) in [5, 5.41) is 4.17. The summed E-state index contributed by atoms with van der Waals surface area (Å²) < 4.78 is 5.23. The first-order valence-corrected chi connectivity index (χ1v) is 7.00. The molecule has 20 heavy (non-hydrogen) atoms. The van der Waals surface area contributed by atoms with E-state index in [2.05, 4.69) is 28.5 Å². The Hall–Kier alpha value is -2.01. The Morgan fingerprint density at radius 2 is 2.10 bits per heavy atom. The lowest BCUT2D eigenvalue weighted by molar-refractivity contribution is 0.0533. The second-order valence-corrected chi connectivity index (χ2v) is 4.96. The Kier molecular flexibility index (Phi) is 3.87. The molecule has 2 amide bonds. The maximum atomic E-state index is 11.9. The molecule has 1 saturated heterocycles. The predicted octanol–water partition coefficient (Wildman–Crippen LogP) is 1.75. The largest absolute Gasteiger partial charge is 0.378 e. The topological polar surface area (TPSA) is 57.4 Å². The van der Waals surface area contributed by atoms with E-state index in [1.165, 1.54) is 5.39 Å². The number of nitrogens with one attached hydrogen (secondary N) is 2. The van der Waals surface area contributed by atoms with Crippen molar-refractivity contribution in [1.29, 1.82) is 0 Å². The average molecular weight is 273 g/mol. The SMILES string of the molecule is O=C(NCCc1cc2ccccc2[nH]1)N1CCOCC1. The van der Waals surface area contributed by atoms with Crippen LogP contribution in [0.4, 0.5) is 4.79 Å². The Labute approximate surface area is 117 Å². The van der Waals surface area contributed by atoms with Crippen LogP contribution in [0, 0.1) is 0 Å². The highest BCUT2D eigenvalue weighted by atomic mass is 16.5. The van der Waals surface area contributed by atoms with Crippen LogP contribution < -0.4 is 5.32 Å². The third-order valence-electron chi connectivity index (χ3n) is 3.55. The van der Waals surface area contributed by atoms with Crippen molar-refractivity contribution in [2.75, 3.05) is 32.8 Å². The van der Waals surface area contributed by atoms with Gasteiger partial charge in [0.15, 0.2) is 0 Å². The van der Waals surface area contributed by atoms with E-state index in [1.807, 2.05) is 12.1 Å². The number of rotatable bonds is 3. The quantitative estimate of drug-likeness (QED) is 0.895. The van der Waals surface area contributed by atoms with E-state index in [9.17, 15) is 4.79 Å². The van der Waals surface area contributed by atoms with Crippen LogP contribution in [0.25, 0.3) is 10.9 Å². The second-order valence-electron chi connectivity index (χ2n) is 4.96. The number of morpholine rings is 1. The minimum absolute atomic E-state index is 0.00408. The van der Waals surface area contributed by atoms with Crippen LogP contribution in [0.5, 0.6) is 0 Å². The molecule has 0 radical (unpaired) electrons. The van der Waals surface area contributed by atoms with Gasteiger partial charge in [-0.15, -0.1) is 0 Å². The summed E-state index contributed by atoms with van der Waals surface area (Å²) in [4.78, 5) is 17.1. The Morgan fingerprint density at radius 1 is 1.30 bits per heavy atom. The average Bonchev–Trinajstić information content (AvgIpc) is 2.90. The first-order valence-electron chi connectivity index (χ1n) is 7.00. The van der Waals surface area contributed by atoms with Crippen molar-refractivity contribution in [2.45, 2.75) is 6.42 Å². The normalized spacial score (nSPS) is 15.5. The molecule has 2 aromatic rings. The molecular formula is C15H19N3O2. The molecule has 0 saturated carbocycles. The molecular weight excluding hydrogens is 254 g/mol. The first kappa shape index (κ1) is 13.0. The number of urea groups is 1. The number of aromatic amines is 1. The molecule has 1 fully saturated rings. The van der Waals surface area contributed by atoms with Gasteiger partial charge in [-0.05, 0) is 17.5 Å². The van der Waals surface area contributed by atoms with E-state index in [1.54, 1.807) is 4.90 Å². The van der Waals surface area contributed by atoms with Gasteiger partial charge in [-0.25, -0.2) is 4.79 Å². The van der Waals surface area contributed by atoms with Crippen LogP contribution in [0.1, 0.15) is 5.69 Å². The molecule has 5 heteroatoms. The lowest BCUT2D eigenvalue weighted by Crippen LogP contribution is -2.46. The fourth-order valence-electron chi connectivity index (χ4n) is 2.45. The number of ether oxygens (including phenoxy) is 1. The van der Waals surface area contributed by atoms with Gasteiger partial charge in [-0.2, -0.15) is 0 Å². The van der Waals surface area contributed by atoms with Crippen molar-refractivity contribution in [3.05, 3.63) is 36.0 Å². The molecule has 2 heterocycles. The number of aromatic nitrogens is 1. The smallest absolute Gasteiger partial charge is 0.317 e. The zero-order chi connectivity index (χ0) is 13.8. The van der Waals surface area contributed by atoms with Gasteiger partial charge < -0.3 is 19.9 Å². The molecule has 2 N–H and O–H groups in total. The highest BCUT2D eigenvalue weighted by Crippen LogP contribution is 2.14. The summed E-state index contributed by atoms with van der Waals surface area (Å²) in [6.07, 6.45) is 0.810. The fourth-order valence-corrected chi connectivity index (χ4v) is 2.45. The first-order chi connectivity index (χ1) is 9.83. The van der Waals surface area contributed by atoms with Crippen LogP contribution in [-0.4, -0.2) is 48.8 Å². The third kappa shape index (κ3) is 2.93. The van der Waals surface area contributed by atoms with E-state index < -0.39 is 0 Å². The highest BCUT2D eigenvalue weighted by Gasteiger charge is 2.15. The van der Waals surface area contributed by atoms with Crippen molar-refractivity contribution in [1.82, 2.24) is 15.2 Å². The molecule has 1 aliphatic rings. The number of hydrogen-bond donors (Lipinski definition) is 2. The van der Waals surface area contributed by atoms with Gasteiger partial charge >= 0.3 is 6.03 Å². The van der Waals surface area contributed by atoms with Crippen LogP contribution in [0.3, 0.4) is 0 Å². The molecule has 106 valence electrons. The van der Waals surface area contributed by atoms with Crippen molar-refractivity contribution in [2.24, 2.45) is 0 Å². The van der Waals surface area contributed by atoms with Crippen molar-refractivity contribution in [3.63, 3.8) is 0 Å². The summed E-state index contributed by atoms with van der Waals surface area (Å²) in [7, 11) is 0. The van der Waals surface area contributed by atoms with Crippen molar-refractivity contribution >= 4 is 16.9 Å². The molecule has 1 aromatic heterocycles. The standard InChI is InChI=1S/C15H19N3O2/c19-15(18-7-9-20-10-8-18)16-6-5-13-11-12-3-1-2-4-14(12)17-13/h1-4,11,17H,5-10H2,(H,16,19). The molecule has 0 bridgehead atoms. The van der Waals surface area contributed by atoms with Gasteiger partial charge in [-0.1, -0.05) is 18.2 Å². The number of hydrogen-bond acceptors (Lipinski definition) is 2. The Bertz CT molecular complexity index is 555. The number of benzene rings is 1. The van der Waals surface area contributed by atoms with Crippen molar-refractivity contribution < 1.29 is 9.53 Å². The van der Waals surface area contributed by atoms with Gasteiger partial charge in [0.25, 0.3) is 0 Å². The summed E-state index contributed by atoms with van der Waals surface area (Å²) >= 11 is 0. The minimum Gasteiger partial charge on any atom is -0.378 e. The highest BCUT2D eigenvalue weighted by molar-refractivity contribution is 5.80. The summed E-state index contributed by atoms with van der Waals surface area (Å²) in [6, 6.07) is 10.3. The number of carbonyl (C=O) groups is 1. The molecule has 0 atom stereocenters. The van der Waals surface area contributed by atoms with Crippen LogP contribution in [-0.2, 0) is 11.2 Å². The van der Waals surface area contributed by atoms with E-state index in [0.29, 0.717) is 32.8 Å². The predicted molar refractivity (Wildman–Crippen MR) is 77.8 cm³/mol. The number of carbonyl (C=O) groups excluding carboxylic acids is 1. The van der Waals surface area contributed by atoms with Crippen molar-refractivity contribution in [3.8, 4) is 0 Å². The molecule has 1 aliphatic heterocycles. The zero-order valence-electron chi connectivity index (χ0n) is 11.4. The minimum atomic E-state index is 0.00408. The molecule has 0 aliphatic carbocycles. The molecule has 5 nitrogen and oxygen atoms in total. The number of fused-ring (bicyclic) bond motifs is 1. The van der Waals surface area contributed by atoms with Crippen LogP contribution in [0.15, 0.2) is 30.3 Å².